The molecular weight excluding hydrogens is 274 g/mol. The molecule has 17 heavy (non-hydrogen) atoms. The Morgan fingerprint density at radius 2 is 1.88 bits per heavy atom. The van der Waals surface area contributed by atoms with Crippen LogP contribution in [0.2, 0.25) is 0 Å². The van der Waals surface area contributed by atoms with Gasteiger partial charge in [0.05, 0.1) is 6.61 Å². The van der Waals surface area contributed by atoms with Crippen molar-refractivity contribution < 1.29 is 37.8 Å². The van der Waals surface area contributed by atoms with Crippen LogP contribution in [0.5, 0.6) is 0 Å². The molecule has 0 saturated heterocycles. The van der Waals surface area contributed by atoms with Gasteiger partial charge in [-0.2, -0.15) is 4.31 Å². The first-order chi connectivity index (χ1) is 7.66. The third kappa shape index (κ3) is 10.8. The molecule has 0 aliphatic carbocycles. The van der Waals surface area contributed by atoms with E-state index in [0.29, 0.717) is 12.8 Å². The van der Waals surface area contributed by atoms with E-state index in [9.17, 15) is 9.13 Å². The lowest BCUT2D eigenvalue weighted by Crippen LogP contribution is -1.95. The fourth-order valence-corrected chi connectivity index (χ4v) is 2.42. The minimum atomic E-state index is -5.06. The highest BCUT2D eigenvalue weighted by Crippen LogP contribution is 2.57. The summed E-state index contributed by atoms with van der Waals surface area (Å²) in [7, 11) is -9.81. The average Bonchev–Trinajstić information content (AvgIpc) is 2.10. The largest absolute Gasteiger partial charge is 0.481 e. The molecule has 0 aliphatic rings. The van der Waals surface area contributed by atoms with Crippen LogP contribution in [0.25, 0.3) is 0 Å². The van der Waals surface area contributed by atoms with Crippen molar-refractivity contribution >= 4 is 15.6 Å². The molecule has 0 aromatic rings. The first-order valence-electron chi connectivity index (χ1n) is 4.67. The number of hydrogen-bond donors (Lipinski definition) is 4. The molecule has 0 rings (SSSR count). The number of rotatable bonds is 8. The second-order valence-corrected chi connectivity index (χ2v) is 6.04. The van der Waals surface area contributed by atoms with Crippen molar-refractivity contribution in [1.82, 2.24) is 0 Å². The van der Waals surface area contributed by atoms with Crippen LogP contribution < -0.4 is 0 Å². The number of phosphoric ester groups is 1. The Bertz CT molecular complexity index is 346. The molecule has 8 nitrogen and oxygen atoms in total. The Morgan fingerprint density at radius 3 is 2.35 bits per heavy atom. The highest BCUT2D eigenvalue weighted by Gasteiger charge is 2.31. The van der Waals surface area contributed by atoms with Crippen molar-refractivity contribution in [2.45, 2.75) is 19.8 Å². The minimum absolute atomic E-state index is 0.0336. The zero-order valence-electron chi connectivity index (χ0n) is 9.22. The summed E-state index contributed by atoms with van der Waals surface area (Å²) in [5.74, 6) is 0. The molecule has 0 amide bonds. The van der Waals surface area contributed by atoms with Gasteiger partial charge in [-0.25, -0.2) is 9.13 Å². The van der Waals surface area contributed by atoms with Gasteiger partial charge < -0.3 is 19.8 Å². The Morgan fingerprint density at radius 1 is 1.29 bits per heavy atom. The Balaban J connectivity index is 4.11. The van der Waals surface area contributed by atoms with Crippen LogP contribution in [0.3, 0.4) is 0 Å². The molecule has 10 heteroatoms. The summed E-state index contributed by atoms with van der Waals surface area (Å²) in [4.78, 5) is 25.5. The van der Waals surface area contributed by atoms with E-state index in [-0.39, 0.29) is 13.2 Å². The van der Waals surface area contributed by atoms with Crippen LogP contribution in [-0.2, 0) is 18.0 Å². The number of aliphatic hydroxyl groups excluding tert-OH is 1. The van der Waals surface area contributed by atoms with E-state index in [0.717, 1.165) is 5.57 Å². The molecule has 0 spiro atoms. The lowest BCUT2D eigenvalue weighted by atomic mass is 10.2. The summed E-state index contributed by atoms with van der Waals surface area (Å²) >= 11 is 0. The van der Waals surface area contributed by atoms with E-state index < -0.39 is 15.6 Å². The maximum atomic E-state index is 11.0. The molecule has 0 bridgehead atoms. The minimum Gasteiger partial charge on any atom is -0.396 e. The van der Waals surface area contributed by atoms with Crippen LogP contribution >= 0.6 is 15.6 Å². The highest BCUT2D eigenvalue weighted by molar-refractivity contribution is 7.60. The second-order valence-electron chi connectivity index (χ2n) is 3.21. The molecule has 0 radical (unpaired) electrons. The van der Waals surface area contributed by atoms with E-state index in [1.54, 1.807) is 6.92 Å². The van der Waals surface area contributed by atoms with Gasteiger partial charge in [-0.3, -0.25) is 4.52 Å². The van der Waals surface area contributed by atoms with Crippen LogP contribution in [0.15, 0.2) is 11.6 Å². The van der Waals surface area contributed by atoms with Gasteiger partial charge in [0, 0.05) is 6.61 Å². The summed E-state index contributed by atoms with van der Waals surface area (Å²) in [5.41, 5.74) is 0.815. The van der Waals surface area contributed by atoms with Crippen LogP contribution in [-0.4, -0.2) is 33.0 Å². The van der Waals surface area contributed by atoms with Gasteiger partial charge in [0.2, 0.25) is 0 Å². The van der Waals surface area contributed by atoms with Crippen LogP contribution in [0.4, 0.5) is 0 Å². The topological polar surface area (TPSA) is 134 Å². The van der Waals surface area contributed by atoms with E-state index in [1.165, 1.54) is 6.08 Å². The van der Waals surface area contributed by atoms with Crippen molar-refractivity contribution in [2.24, 2.45) is 0 Å². The highest BCUT2D eigenvalue weighted by atomic mass is 31.3. The standard InChI is InChI=1S/C7H16O8P2/c1-7(3-2-5-8)4-6-14-17(12,13)15-16(9,10)11/h4,8H,2-3,5-6H2,1H3,(H,12,13)(H2,9,10,11)/b7-4+. The number of aliphatic hydroxyl groups is 1. The Kier molecular flexibility index (Phi) is 7.39. The van der Waals surface area contributed by atoms with Crippen LogP contribution in [0, 0.1) is 0 Å². The molecule has 0 aliphatic heterocycles. The van der Waals surface area contributed by atoms with E-state index in [2.05, 4.69) is 8.83 Å². The van der Waals surface area contributed by atoms with Gasteiger partial charge in [-0.05, 0) is 19.8 Å². The monoisotopic (exact) mass is 290 g/mol. The molecule has 4 N–H and O–H groups in total. The molecule has 1 atom stereocenters. The number of phosphoric acid groups is 2. The SMILES string of the molecule is C/C(=C\COP(=O)(O)OP(=O)(O)O)CCCO. The number of hydrogen-bond acceptors (Lipinski definition) is 5. The zero-order chi connectivity index (χ0) is 13.5. The van der Waals surface area contributed by atoms with Crippen molar-refractivity contribution in [3.8, 4) is 0 Å². The molecule has 1 unspecified atom stereocenters. The molecule has 0 aromatic heterocycles. The maximum Gasteiger partial charge on any atom is 0.481 e. The van der Waals surface area contributed by atoms with E-state index in [4.69, 9.17) is 19.8 Å². The summed E-state index contributed by atoms with van der Waals surface area (Å²) in [6, 6.07) is 0. The van der Waals surface area contributed by atoms with Gasteiger partial charge in [0.25, 0.3) is 0 Å². The predicted molar refractivity (Wildman–Crippen MR) is 59.0 cm³/mol. The van der Waals surface area contributed by atoms with Crippen molar-refractivity contribution in [3.63, 3.8) is 0 Å². The third-order valence-corrected chi connectivity index (χ3v) is 3.76. The first-order valence-corrected chi connectivity index (χ1v) is 7.69. The summed E-state index contributed by atoms with van der Waals surface area (Å²) in [6.45, 7) is 1.45. The average molecular weight is 290 g/mol. The molecule has 0 fully saturated rings. The summed E-state index contributed by atoms with van der Waals surface area (Å²) < 4.78 is 29.2. The van der Waals surface area contributed by atoms with Gasteiger partial charge in [-0.1, -0.05) is 11.6 Å². The van der Waals surface area contributed by atoms with Crippen LogP contribution in [0.1, 0.15) is 19.8 Å². The van der Waals surface area contributed by atoms with Gasteiger partial charge >= 0.3 is 15.6 Å². The molecule has 0 saturated carbocycles. The fourth-order valence-electron chi connectivity index (χ4n) is 0.892. The Labute approximate surface area is 98.7 Å². The quantitative estimate of drug-likeness (QED) is 0.383. The van der Waals surface area contributed by atoms with Gasteiger partial charge in [0.15, 0.2) is 0 Å². The predicted octanol–water partition coefficient (Wildman–Crippen LogP) is 0.931. The zero-order valence-corrected chi connectivity index (χ0v) is 11.0. The molecular formula is C7H16O8P2. The van der Waals surface area contributed by atoms with E-state index >= 15 is 0 Å². The molecule has 0 aromatic carbocycles. The lowest BCUT2D eigenvalue weighted by molar-refractivity contribution is 0.191. The summed E-state index contributed by atoms with van der Waals surface area (Å²) in [6.07, 6.45) is 2.61. The fraction of sp³-hybridized carbons (Fsp3) is 0.714. The van der Waals surface area contributed by atoms with Gasteiger partial charge in [0.1, 0.15) is 0 Å². The second kappa shape index (κ2) is 7.41. The third-order valence-electron chi connectivity index (χ3n) is 1.61. The van der Waals surface area contributed by atoms with E-state index in [1.807, 2.05) is 0 Å². The lowest BCUT2D eigenvalue weighted by Gasteiger charge is -2.11. The van der Waals surface area contributed by atoms with Crippen molar-refractivity contribution in [1.29, 1.82) is 0 Å². The maximum absolute atomic E-state index is 11.0. The van der Waals surface area contributed by atoms with Gasteiger partial charge in [-0.15, -0.1) is 0 Å². The van der Waals surface area contributed by atoms with Crippen molar-refractivity contribution in [3.05, 3.63) is 11.6 Å². The first kappa shape index (κ1) is 17.0. The normalized spacial score (nSPS) is 16.9. The number of allylic oxidation sites excluding steroid dienone is 1. The Hall–Kier alpha value is -0.0400. The van der Waals surface area contributed by atoms with Crippen molar-refractivity contribution in [2.75, 3.05) is 13.2 Å². The summed E-state index contributed by atoms with van der Waals surface area (Å²) in [5, 5.41) is 8.55. The molecule has 0 heterocycles. The molecule has 102 valence electrons. The smallest absolute Gasteiger partial charge is 0.396 e.